The van der Waals surface area contributed by atoms with Crippen molar-refractivity contribution in [3.8, 4) is 5.75 Å². The second kappa shape index (κ2) is 7.04. The molecule has 1 amide bonds. The number of halogens is 2. The average Bonchev–Trinajstić information content (AvgIpc) is 2.30. The molecule has 1 rings (SSSR count). The Kier molecular flexibility index (Phi) is 5.69. The van der Waals surface area contributed by atoms with E-state index < -0.39 is 18.6 Å². The van der Waals surface area contributed by atoms with Crippen LogP contribution in [-0.2, 0) is 4.79 Å². The maximum atomic E-state index is 12.2. The van der Waals surface area contributed by atoms with Gasteiger partial charge in [0.25, 0.3) is 0 Å². The Bertz CT molecular complexity index is 425. The number of anilines is 1. The fraction of sp³-hybridized carbons (Fsp3) is 0.462. The molecule has 1 atom stereocenters. The maximum absolute atomic E-state index is 12.2. The lowest BCUT2D eigenvalue weighted by atomic mass is 10.0. The van der Waals surface area contributed by atoms with Gasteiger partial charge in [0.05, 0.1) is 11.7 Å². The van der Waals surface area contributed by atoms with Gasteiger partial charge in [0.15, 0.2) is 0 Å². The summed E-state index contributed by atoms with van der Waals surface area (Å²) >= 11 is 0. The van der Waals surface area contributed by atoms with Gasteiger partial charge in [0.2, 0.25) is 5.91 Å². The molecule has 19 heavy (non-hydrogen) atoms. The summed E-state index contributed by atoms with van der Waals surface area (Å²) in [7, 11) is 0. The van der Waals surface area contributed by atoms with Crippen molar-refractivity contribution in [2.45, 2.75) is 32.9 Å². The lowest BCUT2D eigenvalue weighted by Gasteiger charge is -2.16. The molecule has 1 unspecified atom stereocenters. The third kappa shape index (κ3) is 5.21. The molecule has 3 N–H and O–H groups in total. The summed E-state index contributed by atoms with van der Waals surface area (Å²) in [5.74, 6) is -0.227. The number of nitrogens with one attached hydrogen (secondary N) is 1. The lowest BCUT2D eigenvalue weighted by molar-refractivity contribution is -0.117. The second-order valence-corrected chi connectivity index (χ2v) is 4.60. The van der Waals surface area contributed by atoms with Gasteiger partial charge in [-0.25, -0.2) is 0 Å². The quantitative estimate of drug-likeness (QED) is 0.836. The van der Waals surface area contributed by atoms with E-state index in [1.165, 1.54) is 12.1 Å². The number of benzene rings is 1. The zero-order valence-corrected chi connectivity index (χ0v) is 10.9. The Hall–Kier alpha value is -1.69. The molecule has 1 aromatic rings. The molecule has 0 aliphatic rings. The number of amides is 1. The first-order valence-electron chi connectivity index (χ1n) is 6.00. The Balaban J connectivity index is 2.73. The van der Waals surface area contributed by atoms with Gasteiger partial charge in [-0.3, -0.25) is 4.79 Å². The van der Waals surface area contributed by atoms with Crippen molar-refractivity contribution in [3.63, 3.8) is 0 Å². The molecule has 0 aromatic heterocycles. The summed E-state index contributed by atoms with van der Waals surface area (Å²) in [6.45, 7) is 0.949. The minimum absolute atomic E-state index is 0.0809. The number of hydrogen-bond acceptors (Lipinski definition) is 3. The Morgan fingerprint density at radius 2 is 2.00 bits per heavy atom. The molecule has 0 radical (unpaired) electrons. The van der Waals surface area contributed by atoms with Crippen LogP contribution in [0.5, 0.6) is 5.75 Å². The largest absolute Gasteiger partial charge is 0.433 e. The summed E-state index contributed by atoms with van der Waals surface area (Å²) in [6.07, 6.45) is 0.518. The number of ether oxygens (including phenoxy) is 1. The van der Waals surface area contributed by atoms with Gasteiger partial charge in [-0.15, -0.1) is 0 Å². The number of carbonyl (C=O) groups is 1. The number of nitrogens with two attached hydrogens (primary N) is 1. The number of alkyl halides is 2. The van der Waals surface area contributed by atoms with Crippen LogP contribution in [0.4, 0.5) is 14.5 Å². The highest BCUT2D eigenvalue weighted by Gasteiger charge is 2.17. The first kappa shape index (κ1) is 15.4. The molecule has 0 spiro atoms. The van der Waals surface area contributed by atoms with Crippen molar-refractivity contribution >= 4 is 11.6 Å². The van der Waals surface area contributed by atoms with Crippen molar-refractivity contribution in [3.05, 3.63) is 24.3 Å². The summed E-state index contributed by atoms with van der Waals surface area (Å²) in [5, 5.41) is 2.50. The number of rotatable bonds is 6. The molecule has 0 aliphatic carbocycles. The fourth-order valence-corrected chi connectivity index (χ4v) is 1.61. The molecule has 4 nitrogen and oxygen atoms in total. The van der Waals surface area contributed by atoms with Crippen molar-refractivity contribution < 1.29 is 18.3 Å². The normalized spacial score (nSPS) is 12.6. The maximum Gasteiger partial charge on any atom is 0.387 e. The number of para-hydroxylation sites is 2. The van der Waals surface area contributed by atoms with Gasteiger partial charge in [-0.1, -0.05) is 26.0 Å². The molecule has 1 aromatic carbocycles. The van der Waals surface area contributed by atoms with Crippen LogP contribution in [-0.4, -0.2) is 18.6 Å². The first-order valence-corrected chi connectivity index (χ1v) is 6.00. The predicted octanol–water partition coefficient (Wildman–Crippen LogP) is 2.60. The molecule has 0 fully saturated rings. The molecule has 0 heterocycles. The molecule has 6 heteroatoms. The predicted molar refractivity (Wildman–Crippen MR) is 69.1 cm³/mol. The summed E-state index contributed by atoms with van der Waals surface area (Å²) in [4.78, 5) is 11.8. The zero-order chi connectivity index (χ0) is 14.4. The van der Waals surface area contributed by atoms with Crippen molar-refractivity contribution in [2.24, 2.45) is 11.7 Å². The Labute approximate surface area is 110 Å². The topological polar surface area (TPSA) is 64.4 Å². The number of carbonyl (C=O) groups excluding carboxylic acids is 1. The van der Waals surface area contributed by atoms with Gasteiger partial charge < -0.3 is 15.8 Å². The third-order valence-corrected chi connectivity index (χ3v) is 2.42. The van der Waals surface area contributed by atoms with Crippen molar-refractivity contribution in [1.82, 2.24) is 0 Å². The van der Waals surface area contributed by atoms with Crippen LogP contribution < -0.4 is 15.8 Å². The van der Waals surface area contributed by atoms with Gasteiger partial charge >= 0.3 is 6.61 Å². The molecule has 0 bridgehead atoms. The van der Waals surface area contributed by atoms with Gasteiger partial charge in [0.1, 0.15) is 5.75 Å². The van der Waals surface area contributed by atoms with E-state index in [0.717, 1.165) is 0 Å². The van der Waals surface area contributed by atoms with Crippen LogP contribution >= 0.6 is 0 Å². The van der Waals surface area contributed by atoms with E-state index in [2.05, 4.69) is 10.1 Å². The van der Waals surface area contributed by atoms with Gasteiger partial charge in [0, 0.05) is 0 Å². The molecule has 0 aliphatic heterocycles. The van der Waals surface area contributed by atoms with Gasteiger partial charge in [-0.2, -0.15) is 8.78 Å². The molecule has 0 saturated carbocycles. The van der Waals surface area contributed by atoms with E-state index in [9.17, 15) is 13.6 Å². The fourth-order valence-electron chi connectivity index (χ4n) is 1.61. The highest BCUT2D eigenvalue weighted by atomic mass is 19.3. The third-order valence-electron chi connectivity index (χ3n) is 2.42. The van der Waals surface area contributed by atoms with E-state index in [4.69, 9.17) is 5.73 Å². The standard InChI is InChI=1S/C13H18F2N2O2/c1-8(2)7-9(16)12(18)17-10-5-3-4-6-11(10)19-13(14)15/h3-6,8-9,13H,7,16H2,1-2H3,(H,17,18). The van der Waals surface area contributed by atoms with E-state index in [1.807, 2.05) is 13.8 Å². The highest BCUT2D eigenvalue weighted by Crippen LogP contribution is 2.25. The van der Waals surface area contributed by atoms with E-state index in [0.29, 0.717) is 6.42 Å². The smallest absolute Gasteiger partial charge is 0.387 e. The highest BCUT2D eigenvalue weighted by molar-refractivity contribution is 5.95. The summed E-state index contributed by atoms with van der Waals surface area (Å²) in [5.41, 5.74) is 5.90. The summed E-state index contributed by atoms with van der Waals surface area (Å²) < 4.78 is 28.7. The Morgan fingerprint density at radius 1 is 1.37 bits per heavy atom. The van der Waals surface area contributed by atoms with Crippen molar-refractivity contribution in [2.75, 3.05) is 5.32 Å². The van der Waals surface area contributed by atoms with Crippen LogP contribution in [0.1, 0.15) is 20.3 Å². The molecule has 0 saturated heterocycles. The average molecular weight is 272 g/mol. The minimum Gasteiger partial charge on any atom is -0.433 e. The van der Waals surface area contributed by atoms with E-state index >= 15 is 0 Å². The molecule has 106 valence electrons. The van der Waals surface area contributed by atoms with E-state index in [1.54, 1.807) is 12.1 Å². The summed E-state index contributed by atoms with van der Waals surface area (Å²) in [6, 6.07) is 5.32. The van der Waals surface area contributed by atoms with Crippen LogP contribution in [0.25, 0.3) is 0 Å². The van der Waals surface area contributed by atoms with Gasteiger partial charge in [-0.05, 0) is 24.5 Å². The number of hydrogen-bond donors (Lipinski definition) is 2. The van der Waals surface area contributed by atoms with Crippen LogP contribution in [0.15, 0.2) is 24.3 Å². The molecular formula is C13H18F2N2O2. The minimum atomic E-state index is -2.94. The van der Waals surface area contributed by atoms with E-state index in [-0.39, 0.29) is 17.4 Å². The molecular weight excluding hydrogens is 254 g/mol. The van der Waals surface area contributed by atoms with Crippen LogP contribution in [0.2, 0.25) is 0 Å². The van der Waals surface area contributed by atoms with Crippen LogP contribution in [0.3, 0.4) is 0 Å². The Morgan fingerprint density at radius 3 is 2.58 bits per heavy atom. The zero-order valence-electron chi connectivity index (χ0n) is 10.9. The second-order valence-electron chi connectivity index (χ2n) is 4.60. The SMILES string of the molecule is CC(C)CC(N)C(=O)Nc1ccccc1OC(F)F. The van der Waals surface area contributed by atoms with Crippen molar-refractivity contribution in [1.29, 1.82) is 0 Å². The lowest BCUT2D eigenvalue weighted by Crippen LogP contribution is -2.36. The first-order chi connectivity index (χ1) is 8.90. The monoisotopic (exact) mass is 272 g/mol. The van der Waals surface area contributed by atoms with Crippen LogP contribution in [0, 0.1) is 5.92 Å².